The first-order valence-corrected chi connectivity index (χ1v) is 8.91. The minimum Gasteiger partial charge on any atom is -0.480 e. The Morgan fingerprint density at radius 3 is 2.28 bits per heavy atom. The highest BCUT2D eigenvalue weighted by Gasteiger charge is 2.26. The lowest BCUT2D eigenvalue weighted by molar-refractivity contribution is -0.139. The maximum absolute atomic E-state index is 12.3. The molecule has 2 amide bonds. The van der Waals surface area contributed by atoms with Crippen molar-refractivity contribution in [2.24, 2.45) is 5.92 Å². The van der Waals surface area contributed by atoms with Gasteiger partial charge < -0.3 is 15.7 Å². The van der Waals surface area contributed by atoms with E-state index in [0.29, 0.717) is 0 Å². The van der Waals surface area contributed by atoms with Crippen LogP contribution in [0, 0.1) is 5.92 Å². The van der Waals surface area contributed by atoms with Crippen molar-refractivity contribution >= 4 is 41.0 Å². The van der Waals surface area contributed by atoms with Gasteiger partial charge in [-0.15, -0.1) is 0 Å². The molecule has 1 aliphatic rings. The molecule has 0 spiro atoms. The van der Waals surface area contributed by atoms with Gasteiger partial charge in [0.05, 0.1) is 15.6 Å². The van der Waals surface area contributed by atoms with Crippen molar-refractivity contribution in [3.05, 3.63) is 33.8 Å². The number of carbonyl (C=O) groups excluding carboxylic acids is 2. The number of benzene rings is 1. The molecule has 0 radical (unpaired) electrons. The van der Waals surface area contributed by atoms with Crippen LogP contribution in [-0.2, 0) is 9.59 Å². The van der Waals surface area contributed by atoms with Gasteiger partial charge in [-0.3, -0.25) is 9.59 Å². The Kier molecular flexibility index (Phi) is 7.08. The summed E-state index contributed by atoms with van der Waals surface area (Å²) < 4.78 is 0. The van der Waals surface area contributed by atoms with Crippen molar-refractivity contribution < 1.29 is 19.5 Å². The lowest BCUT2D eigenvalue weighted by Gasteiger charge is -2.22. The standard InChI is InChI=1S/C17H20Cl2N2O4/c18-11-7-4-8-12(19)14(11)16(23)21-13(17(24)25)9-20-15(22)10-5-2-1-3-6-10/h4,7-8,10,13H,1-3,5-6,9H2,(H,20,22)(H,21,23)(H,24,25)/t13-/m0/s1. The fourth-order valence-corrected chi connectivity index (χ4v) is 3.43. The molecule has 3 N–H and O–H groups in total. The summed E-state index contributed by atoms with van der Waals surface area (Å²) in [6.07, 6.45) is 4.75. The molecule has 1 aromatic carbocycles. The van der Waals surface area contributed by atoms with Crippen LogP contribution in [0.25, 0.3) is 0 Å². The van der Waals surface area contributed by atoms with Crippen LogP contribution in [0.2, 0.25) is 10.0 Å². The molecule has 1 atom stereocenters. The van der Waals surface area contributed by atoms with Gasteiger partial charge in [-0.05, 0) is 25.0 Å². The Balaban J connectivity index is 1.97. The molecular formula is C17H20Cl2N2O4. The van der Waals surface area contributed by atoms with Crippen molar-refractivity contribution in [1.29, 1.82) is 0 Å². The minimum absolute atomic E-state index is 0.00990. The maximum Gasteiger partial charge on any atom is 0.328 e. The third kappa shape index (κ3) is 5.34. The number of carbonyl (C=O) groups is 3. The van der Waals surface area contributed by atoms with E-state index in [9.17, 15) is 19.5 Å². The van der Waals surface area contributed by atoms with Gasteiger partial charge in [0.1, 0.15) is 6.04 Å². The Labute approximate surface area is 155 Å². The molecule has 136 valence electrons. The molecule has 1 saturated carbocycles. The van der Waals surface area contributed by atoms with Crippen LogP contribution >= 0.6 is 23.2 Å². The summed E-state index contributed by atoms with van der Waals surface area (Å²) in [6, 6.07) is 3.29. The van der Waals surface area contributed by atoms with Crippen molar-refractivity contribution in [1.82, 2.24) is 10.6 Å². The summed E-state index contributed by atoms with van der Waals surface area (Å²) in [7, 11) is 0. The van der Waals surface area contributed by atoms with E-state index in [1.54, 1.807) is 6.07 Å². The number of nitrogens with one attached hydrogen (secondary N) is 2. The topological polar surface area (TPSA) is 95.5 Å². The monoisotopic (exact) mass is 386 g/mol. The molecule has 2 rings (SSSR count). The number of carboxylic acid groups (broad SMARTS) is 1. The number of rotatable bonds is 6. The predicted molar refractivity (Wildman–Crippen MR) is 94.9 cm³/mol. The molecular weight excluding hydrogens is 367 g/mol. The zero-order valence-corrected chi connectivity index (χ0v) is 15.1. The first-order chi connectivity index (χ1) is 11.9. The van der Waals surface area contributed by atoms with Gasteiger partial charge in [-0.25, -0.2) is 4.79 Å². The zero-order valence-electron chi connectivity index (χ0n) is 13.6. The van der Waals surface area contributed by atoms with Crippen molar-refractivity contribution in [2.75, 3.05) is 6.54 Å². The van der Waals surface area contributed by atoms with Gasteiger partial charge in [-0.2, -0.15) is 0 Å². The van der Waals surface area contributed by atoms with Gasteiger partial charge in [0.15, 0.2) is 0 Å². The molecule has 1 fully saturated rings. The van der Waals surface area contributed by atoms with Crippen molar-refractivity contribution in [3.63, 3.8) is 0 Å². The van der Waals surface area contributed by atoms with Crippen molar-refractivity contribution in [2.45, 2.75) is 38.1 Å². The van der Waals surface area contributed by atoms with Gasteiger partial charge in [-0.1, -0.05) is 48.5 Å². The van der Waals surface area contributed by atoms with Gasteiger partial charge in [0.25, 0.3) is 5.91 Å². The minimum atomic E-state index is -1.27. The van der Waals surface area contributed by atoms with E-state index < -0.39 is 17.9 Å². The quantitative estimate of drug-likeness (QED) is 0.700. The van der Waals surface area contributed by atoms with Gasteiger partial charge >= 0.3 is 5.97 Å². The van der Waals surface area contributed by atoms with Crippen LogP contribution in [0.3, 0.4) is 0 Å². The summed E-state index contributed by atoms with van der Waals surface area (Å²) in [6.45, 7) is -0.196. The molecule has 0 bridgehead atoms. The molecule has 0 aliphatic heterocycles. The van der Waals surface area contributed by atoms with Crippen LogP contribution in [0.5, 0.6) is 0 Å². The Bertz CT molecular complexity index is 640. The summed E-state index contributed by atoms with van der Waals surface area (Å²) in [5.74, 6) is -2.21. The normalized spacial score (nSPS) is 16.1. The van der Waals surface area contributed by atoms with E-state index in [1.807, 2.05) is 0 Å². The molecule has 6 nitrogen and oxygen atoms in total. The number of hydrogen-bond donors (Lipinski definition) is 3. The summed E-state index contributed by atoms with van der Waals surface area (Å²) in [5.41, 5.74) is 0.00990. The molecule has 25 heavy (non-hydrogen) atoms. The zero-order chi connectivity index (χ0) is 18.4. The second kappa shape index (κ2) is 9.06. The van der Waals surface area contributed by atoms with E-state index in [1.165, 1.54) is 12.1 Å². The summed E-state index contributed by atoms with van der Waals surface area (Å²) >= 11 is 11.9. The van der Waals surface area contributed by atoms with Gasteiger partial charge in [0.2, 0.25) is 5.91 Å². The SMILES string of the molecule is O=C(N[C@@H](CNC(=O)C1CCCCC1)C(=O)O)c1c(Cl)cccc1Cl. The average molecular weight is 387 g/mol. The van der Waals surface area contributed by atoms with Crippen LogP contribution in [0.15, 0.2) is 18.2 Å². The predicted octanol–water partition coefficient (Wildman–Crippen LogP) is 2.87. The second-order valence-electron chi connectivity index (χ2n) is 6.04. The lowest BCUT2D eigenvalue weighted by Crippen LogP contribution is -2.49. The van der Waals surface area contributed by atoms with Crippen molar-refractivity contribution in [3.8, 4) is 0 Å². The van der Waals surface area contributed by atoms with E-state index in [4.69, 9.17) is 23.2 Å². The third-order valence-corrected chi connectivity index (χ3v) is 4.88. The largest absolute Gasteiger partial charge is 0.480 e. The average Bonchev–Trinajstić information content (AvgIpc) is 2.58. The Morgan fingerprint density at radius 1 is 1.12 bits per heavy atom. The molecule has 0 saturated heterocycles. The van der Waals surface area contributed by atoms with Crippen LogP contribution in [-0.4, -0.2) is 35.5 Å². The Morgan fingerprint density at radius 2 is 1.72 bits per heavy atom. The highest BCUT2D eigenvalue weighted by Crippen LogP contribution is 2.24. The molecule has 1 aliphatic carbocycles. The van der Waals surface area contributed by atoms with E-state index >= 15 is 0 Å². The van der Waals surface area contributed by atoms with Crippen LogP contribution in [0.4, 0.5) is 0 Å². The fourth-order valence-electron chi connectivity index (χ4n) is 2.86. The smallest absolute Gasteiger partial charge is 0.328 e. The fraction of sp³-hybridized carbons (Fsp3) is 0.471. The number of hydrogen-bond acceptors (Lipinski definition) is 3. The third-order valence-electron chi connectivity index (χ3n) is 4.25. The molecule has 0 heterocycles. The number of aliphatic carboxylic acids is 1. The second-order valence-corrected chi connectivity index (χ2v) is 6.86. The maximum atomic E-state index is 12.3. The molecule has 1 aromatic rings. The first-order valence-electron chi connectivity index (χ1n) is 8.15. The Hall–Kier alpha value is -1.79. The van der Waals surface area contributed by atoms with Crippen LogP contribution < -0.4 is 10.6 Å². The summed E-state index contributed by atoms with van der Waals surface area (Å²) in [4.78, 5) is 35.8. The highest BCUT2D eigenvalue weighted by molar-refractivity contribution is 6.39. The molecule has 8 heteroatoms. The number of halogens is 2. The van der Waals surface area contributed by atoms with E-state index in [0.717, 1.165) is 32.1 Å². The molecule has 0 aromatic heterocycles. The lowest BCUT2D eigenvalue weighted by atomic mass is 9.88. The van der Waals surface area contributed by atoms with Crippen LogP contribution in [0.1, 0.15) is 42.5 Å². The van der Waals surface area contributed by atoms with E-state index in [-0.39, 0.29) is 34.0 Å². The van der Waals surface area contributed by atoms with E-state index in [2.05, 4.69) is 10.6 Å². The number of carboxylic acids is 1. The number of amides is 2. The first kappa shape index (κ1) is 19.5. The summed E-state index contributed by atoms with van der Waals surface area (Å²) in [5, 5.41) is 14.5. The highest BCUT2D eigenvalue weighted by atomic mass is 35.5. The molecule has 0 unspecified atom stereocenters. The van der Waals surface area contributed by atoms with Gasteiger partial charge in [0, 0.05) is 12.5 Å².